The molecule has 0 fully saturated rings. The fraction of sp³-hybridized carbons (Fsp3) is 0.818. The Labute approximate surface area is 104 Å². The molecule has 0 spiro atoms. The van der Waals surface area contributed by atoms with Crippen LogP contribution in [0.15, 0.2) is 4.42 Å². The Balaban J connectivity index is 2.22. The van der Waals surface area contributed by atoms with E-state index in [-0.39, 0.29) is 12.3 Å². The maximum atomic E-state index is 12.0. The topological polar surface area (TPSA) is 51.0 Å². The van der Waals surface area contributed by atoms with Crippen LogP contribution in [0.1, 0.15) is 38.0 Å². The van der Waals surface area contributed by atoms with Crippen LogP contribution in [0.3, 0.4) is 0 Å². The number of nitrogens with zero attached hydrogens (tertiary/aromatic N) is 2. The van der Waals surface area contributed by atoms with Crippen molar-refractivity contribution < 1.29 is 17.6 Å². The number of hydrogen-bond acceptors (Lipinski definition) is 4. The first-order valence-corrected chi connectivity index (χ1v) is 6.10. The van der Waals surface area contributed by atoms with Crippen molar-refractivity contribution in [1.82, 2.24) is 15.5 Å². The van der Waals surface area contributed by atoms with Gasteiger partial charge in [0, 0.05) is 12.8 Å². The van der Waals surface area contributed by atoms with Crippen molar-refractivity contribution in [3.05, 3.63) is 11.8 Å². The molecule has 0 aliphatic heterocycles. The Bertz CT molecular complexity index is 339. The lowest BCUT2D eigenvalue weighted by Crippen LogP contribution is -2.16. The number of aryl methyl sites for hydroxylation is 2. The van der Waals surface area contributed by atoms with Crippen molar-refractivity contribution in [2.45, 2.75) is 45.2 Å². The van der Waals surface area contributed by atoms with E-state index < -0.39 is 12.6 Å². The zero-order chi connectivity index (χ0) is 13.4. The first-order valence-electron chi connectivity index (χ1n) is 6.10. The molecule has 1 aromatic rings. The monoisotopic (exact) mass is 265 g/mol. The molecule has 1 N–H and O–H groups in total. The fourth-order valence-corrected chi connectivity index (χ4v) is 1.41. The summed E-state index contributed by atoms with van der Waals surface area (Å²) in [5, 5.41) is 10.5. The van der Waals surface area contributed by atoms with E-state index in [9.17, 15) is 13.2 Å². The highest BCUT2D eigenvalue weighted by Gasteiger charge is 2.27. The van der Waals surface area contributed by atoms with Crippen LogP contribution in [0.5, 0.6) is 0 Å². The van der Waals surface area contributed by atoms with Crippen molar-refractivity contribution >= 4 is 0 Å². The fourth-order valence-electron chi connectivity index (χ4n) is 1.41. The summed E-state index contributed by atoms with van der Waals surface area (Å²) in [7, 11) is 0. The van der Waals surface area contributed by atoms with Gasteiger partial charge in [-0.1, -0.05) is 6.92 Å². The molecule has 104 valence electrons. The summed E-state index contributed by atoms with van der Waals surface area (Å²) in [4.78, 5) is 0. The number of hydrogen-bond donors (Lipinski definition) is 1. The highest BCUT2D eigenvalue weighted by molar-refractivity contribution is 4.83. The zero-order valence-corrected chi connectivity index (χ0v) is 10.4. The highest BCUT2D eigenvalue weighted by atomic mass is 19.4. The van der Waals surface area contributed by atoms with Crippen LogP contribution < -0.4 is 5.32 Å². The van der Waals surface area contributed by atoms with Gasteiger partial charge in [-0.25, -0.2) is 0 Å². The molecule has 0 atom stereocenters. The smallest absolute Gasteiger partial charge is 0.389 e. The molecule has 1 heterocycles. The molecule has 0 amide bonds. The summed E-state index contributed by atoms with van der Waals surface area (Å²) in [6, 6.07) is 0. The third-order valence-corrected chi connectivity index (χ3v) is 2.30. The van der Waals surface area contributed by atoms with Gasteiger partial charge in [0.15, 0.2) is 0 Å². The predicted octanol–water partition coefficient (Wildman–Crippen LogP) is 2.50. The van der Waals surface area contributed by atoms with Gasteiger partial charge in [-0.15, -0.1) is 10.2 Å². The molecule has 0 radical (unpaired) electrons. The Morgan fingerprint density at radius 1 is 1.11 bits per heavy atom. The van der Waals surface area contributed by atoms with Gasteiger partial charge in [0.2, 0.25) is 11.8 Å². The Morgan fingerprint density at radius 2 is 1.78 bits per heavy atom. The number of rotatable bonds is 8. The largest absolute Gasteiger partial charge is 0.425 e. The summed E-state index contributed by atoms with van der Waals surface area (Å²) < 4.78 is 41.0. The average molecular weight is 265 g/mol. The Hall–Kier alpha value is -1.11. The zero-order valence-electron chi connectivity index (χ0n) is 10.4. The van der Waals surface area contributed by atoms with Gasteiger partial charge in [0.05, 0.1) is 6.42 Å². The van der Waals surface area contributed by atoms with Crippen molar-refractivity contribution in [3.63, 3.8) is 0 Å². The van der Waals surface area contributed by atoms with E-state index in [1.807, 2.05) is 0 Å². The lowest BCUT2D eigenvalue weighted by Gasteiger charge is -2.02. The molecule has 18 heavy (non-hydrogen) atoms. The molecule has 1 aromatic heterocycles. The first-order chi connectivity index (χ1) is 8.51. The quantitative estimate of drug-likeness (QED) is 0.734. The second kappa shape index (κ2) is 7.35. The molecule has 7 heteroatoms. The highest BCUT2D eigenvalue weighted by Crippen LogP contribution is 2.21. The van der Waals surface area contributed by atoms with Crippen molar-refractivity contribution in [2.24, 2.45) is 0 Å². The van der Waals surface area contributed by atoms with E-state index in [0.29, 0.717) is 12.3 Å². The van der Waals surface area contributed by atoms with Gasteiger partial charge in [-0.2, -0.15) is 13.2 Å². The maximum absolute atomic E-state index is 12.0. The molecule has 0 saturated heterocycles. The Morgan fingerprint density at radius 3 is 2.39 bits per heavy atom. The number of nitrogens with one attached hydrogen (secondary N) is 1. The maximum Gasteiger partial charge on any atom is 0.389 e. The first kappa shape index (κ1) is 14.9. The second-order valence-corrected chi connectivity index (χ2v) is 4.06. The SMILES string of the molecule is CCCNCCCc1nnc(CCC(F)(F)F)o1. The van der Waals surface area contributed by atoms with Crippen LogP contribution in [0.2, 0.25) is 0 Å². The van der Waals surface area contributed by atoms with Crippen LogP contribution in [-0.2, 0) is 12.8 Å². The normalized spacial score (nSPS) is 12.0. The molecule has 0 aromatic carbocycles. The lowest BCUT2D eigenvalue weighted by atomic mass is 10.3. The third-order valence-electron chi connectivity index (χ3n) is 2.30. The summed E-state index contributed by atoms with van der Waals surface area (Å²) in [6.07, 6.45) is -2.85. The molecule has 4 nitrogen and oxygen atoms in total. The van der Waals surface area contributed by atoms with Gasteiger partial charge in [0.25, 0.3) is 0 Å². The van der Waals surface area contributed by atoms with Gasteiger partial charge >= 0.3 is 6.18 Å². The van der Waals surface area contributed by atoms with E-state index in [4.69, 9.17) is 4.42 Å². The minimum atomic E-state index is -4.18. The van der Waals surface area contributed by atoms with E-state index in [0.717, 1.165) is 25.9 Å². The molecule has 0 aliphatic carbocycles. The van der Waals surface area contributed by atoms with Crippen LogP contribution in [0.25, 0.3) is 0 Å². The van der Waals surface area contributed by atoms with Gasteiger partial charge in [0.1, 0.15) is 0 Å². The van der Waals surface area contributed by atoms with Crippen LogP contribution >= 0.6 is 0 Å². The molecule has 0 aliphatic rings. The second-order valence-electron chi connectivity index (χ2n) is 4.06. The van der Waals surface area contributed by atoms with Crippen LogP contribution in [0, 0.1) is 0 Å². The van der Waals surface area contributed by atoms with Crippen LogP contribution in [-0.4, -0.2) is 29.5 Å². The third kappa shape index (κ3) is 6.58. The summed E-state index contributed by atoms with van der Waals surface area (Å²) in [5.74, 6) is 0.467. The van der Waals surface area contributed by atoms with Gasteiger partial charge < -0.3 is 9.73 Å². The van der Waals surface area contributed by atoms with Crippen molar-refractivity contribution in [3.8, 4) is 0 Å². The van der Waals surface area contributed by atoms with E-state index in [1.165, 1.54) is 0 Å². The van der Waals surface area contributed by atoms with Gasteiger partial charge in [-0.3, -0.25) is 0 Å². The standard InChI is InChI=1S/C11H18F3N3O/c1-2-7-15-8-3-4-9-16-17-10(18-9)5-6-11(12,13)14/h15H,2-8H2,1H3. The molecular weight excluding hydrogens is 247 g/mol. The molecule has 0 bridgehead atoms. The van der Waals surface area contributed by atoms with E-state index in [1.54, 1.807) is 0 Å². The van der Waals surface area contributed by atoms with Crippen LogP contribution in [0.4, 0.5) is 13.2 Å². The number of halogens is 3. The average Bonchev–Trinajstić information content (AvgIpc) is 2.73. The summed E-state index contributed by atoms with van der Waals surface area (Å²) in [6.45, 7) is 3.88. The van der Waals surface area contributed by atoms with Gasteiger partial charge in [-0.05, 0) is 25.9 Å². The summed E-state index contributed by atoms with van der Waals surface area (Å²) in [5.41, 5.74) is 0. The molecule has 0 saturated carbocycles. The number of alkyl halides is 3. The minimum absolute atomic E-state index is 0.0591. The lowest BCUT2D eigenvalue weighted by molar-refractivity contribution is -0.134. The predicted molar refractivity (Wildman–Crippen MR) is 60.2 cm³/mol. The van der Waals surface area contributed by atoms with E-state index >= 15 is 0 Å². The molecule has 0 unspecified atom stereocenters. The number of aromatic nitrogens is 2. The Kier molecular flexibility index (Phi) is 6.11. The van der Waals surface area contributed by atoms with E-state index in [2.05, 4.69) is 22.4 Å². The van der Waals surface area contributed by atoms with Crippen molar-refractivity contribution in [1.29, 1.82) is 0 Å². The summed E-state index contributed by atoms with van der Waals surface area (Å²) >= 11 is 0. The van der Waals surface area contributed by atoms with Crippen molar-refractivity contribution in [2.75, 3.05) is 13.1 Å². The minimum Gasteiger partial charge on any atom is -0.425 e. The molecular formula is C11H18F3N3O. The molecule has 1 rings (SSSR count).